The molecule has 182 valence electrons. The Morgan fingerprint density at radius 1 is 0.889 bits per heavy atom. The molecule has 3 aromatic carbocycles. The second-order valence-electron chi connectivity index (χ2n) is 8.70. The zero-order valence-electron chi connectivity index (χ0n) is 19.9. The van der Waals surface area contributed by atoms with E-state index in [1.54, 1.807) is 48.5 Å². The van der Waals surface area contributed by atoms with Crippen molar-refractivity contribution < 1.29 is 18.7 Å². The van der Waals surface area contributed by atoms with Gasteiger partial charge in [0.15, 0.2) is 0 Å². The van der Waals surface area contributed by atoms with Crippen LogP contribution in [-0.2, 0) is 4.74 Å². The lowest BCUT2D eigenvalue weighted by Gasteiger charge is -2.14. The number of hydrogen-bond acceptors (Lipinski definition) is 6. The Kier molecular flexibility index (Phi) is 6.86. The third-order valence-electron chi connectivity index (χ3n) is 6.05. The summed E-state index contributed by atoms with van der Waals surface area (Å²) in [7, 11) is 0. The lowest BCUT2D eigenvalue weighted by molar-refractivity contribution is 0.0858. The maximum Gasteiger partial charge on any atom is 0.255 e. The topological polar surface area (TPSA) is 106 Å². The van der Waals surface area contributed by atoms with Crippen LogP contribution in [-0.4, -0.2) is 41.3 Å². The summed E-state index contributed by atoms with van der Waals surface area (Å²) in [6, 6.07) is 21.6. The lowest BCUT2D eigenvalue weighted by atomic mass is 10.1. The first-order chi connectivity index (χ1) is 17.6. The third-order valence-corrected chi connectivity index (χ3v) is 6.05. The molecule has 36 heavy (non-hydrogen) atoms. The molecule has 5 rings (SSSR count). The Morgan fingerprint density at radius 2 is 1.56 bits per heavy atom. The highest BCUT2D eigenvalue weighted by molar-refractivity contribution is 6.09. The first-order valence-corrected chi connectivity index (χ1v) is 11.9. The Hall–Kier alpha value is -4.30. The van der Waals surface area contributed by atoms with Crippen LogP contribution in [0, 0.1) is 6.92 Å². The Bertz CT molecular complexity index is 1360. The van der Waals surface area contributed by atoms with E-state index in [1.165, 1.54) is 0 Å². The normalized spacial score (nSPS) is 15.0. The van der Waals surface area contributed by atoms with Crippen molar-refractivity contribution in [3.05, 3.63) is 89.5 Å². The van der Waals surface area contributed by atoms with E-state index in [9.17, 15) is 9.59 Å². The highest BCUT2D eigenvalue weighted by atomic mass is 16.5. The fourth-order valence-electron chi connectivity index (χ4n) is 4.01. The van der Waals surface area contributed by atoms with Crippen LogP contribution in [0.1, 0.15) is 39.1 Å². The van der Waals surface area contributed by atoms with E-state index in [4.69, 9.17) is 9.15 Å². The average molecular weight is 483 g/mol. The Balaban J connectivity index is 1.25. The first-order valence-electron chi connectivity index (χ1n) is 11.9. The maximum atomic E-state index is 12.9. The van der Waals surface area contributed by atoms with Crippen molar-refractivity contribution in [2.24, 2.45) is 0 Å². The Labute approximate surface area is 208 Å². The minimum atomic E-state index is -0.327. The van der Waals surface area contributed by atoms with Gasteiger partial charge >= 0.3 is 0 Å². The van der Waals surface area contributed by atoms with Crippen LogP contribution in [0.15, 0.2) is 77.2 Å². The molecule has 1 aliphatic heterocycles. The number of para-hydroxylation sites is 1. The molecule has 8 heteroatoms. The Morgan fingerprint density at radius 3 is 2.22 bits per heavy atom. The summed E-state index contributed by atoms with van der Waals surface area (Å²) in [6.45, 7) is 3.19. The van der Waals surface area contributed by atoms with Gasteiger partial charge in [0.2, 0.25) is 11.8 Å². The predicted molar refractivity (Wildman–Crippen MR) is 136 cm³/mol. The molecule has 1 aromatic heterocycles. The van der Waals surface area contributed by atoms with Crippen molar-refractivity contribution in [2.45, 2.75) is 25.9 Å². The van der Waals surface area contributed by atoms with Gasteiger partial charge in [0.05, 0.1) is 17.4 Å². The van der Waals surface area contributed by atoms with Crippen molar-refractivity contribution in [2.75, 3.05) is 18.5 Å². The van der Waals surface area contributed by atoms with Gasteiger partial charge in [-0.25, -0.2) is 0 Å². The van der Waals surface area contributed by atoms with Crippen molar-refractivity contribution in [3.8, 4) is 22.9 Å². The molecule has 0 radical (unpaired) electrons. The van der Waals surface area contributed by atoms with E-state index < -0.39 is 0 Å². The molecule has 1 aliphatic rings. The smallest absolute Gasteiger partial charge is 0.255 e. The van der Waals surface area contributed by atoms with E-state index in [0.717, 1.165) is 30.6 Å². The number of ether oxygens (including phenoxy) is 1. The largest absolute Gasteiger partial charge is 0.416 e. The van der Waals surface area contributed by atoms with Crippen LogP contribution < -0.4 is 10.6 Å². The maximum absolute atomic E-state index is 12.9. The molecule has 2 N–H and O–H groups in total. The van der Waals surface area contributed by atoms with Crippen LogP contribution in [0.5, 0.6) is 0 Å². The quantitative estimate of drug-likeness (QED) is 0.389. The van der Waals surface area contributed by atoms with Gasteiger partial charge < -0.3 is 19.8 Å². The number of nitrogens with one attached hydrogen (secondary N) is 2. The van der Waals surface area contributed by atoms with Gasteiger partial charge in [0.1, 0.15) is 0 Å². The second kappa shape index (κ2) is 10.5. The first kappa shape index (κ1) is 23.4. The van der Waals surface area contributed by atoms with Gasteiger partial charge in [-0.1, -0.05) is 29.8 Å². The second-order valence-corrected chi connectivity index (χ2v) is 8.70. The summed E-state index contributed by atoms with van der Waals surface area (Å²) in [6.07, 6.45) is 1.98. The summed E-state index contributed by atoms with van der Waals surface area (Å²) in [5.74, 6) is 0.219. The third kappa shape index (κ3) is 5.34. The van der Waals surface area contributed by atoms with E-state index in [1.807, 2.05) is 31.2 Å². The van der Waals surface area contributed by atoms with Crippen LogP contribution in [0.4, 0.5) is 5.69 Å². The summed E-state index contributed by atoms with van der Waals surface area (Å²) in [5, 5.41) is 14.0. The summed E-state index contributed by atoms with van der Waals surface area (Å²) < 4.78 is 11.4. The molecule has 0 aliphatic carbocycles. The molecule has 4 aromatic rings. The van der Waals surface area contributed by atoms with Crippen LogP contribution in [0.2, 0.25) is 0 Å². The number of rotatable bonds is 7. The van der Waals surface area contributed by atoms with E-state index >= 15 is 0 Å². The van der Waals surface area contributed by atoms with Crippen molar-refractivity contribution in [3.63, 3.8) is 0 Å². The van der Waals surface area contributed by atoms with Crippen LogP contribution in [0.25, 0.3) is 22.9 Å². The van der Waals surface area contributed by atoms with E-state index in [2.05, 4.69) is 20.8 Å². The van der Waals surface area contributed by atoms with E-state index in [-0.39, 0.29) is 17.9 Å². The number of hydrogen-bond donors (Lipinski definition) is 2. The fourth-order valence-corrected chi connectivity index (χ4v) is 4.01. The zero-order valence-corrected chi connectivity index (χ0v) is 19.9. The van der Waals surface area contributed by atoms with Crippen molar-refractivity contribution >= 4 is 17.5 Å². The summed E-state index contributed by atoms with van der Waals surface area (Å²) in [4.78, 5) is 25.6. The number of carbonyl (C=O) groups excluding carboxylic acids is 2. The van der Waals surface area contributed by atoms with Crippen molar-refractivity contribution in [1.29, 1.82) is 0 Å². The summed E-state index contributed by atoms with van der Waals surface area (Å²) in [5.41, 5.74) is 3.96. The number of amides is 2. The number of aryl methyl sites for hydroxylation is 1. The molecule has 0 spiro atoms. The molecule has 8 nitrogen and oxygen atoms in total. The van der Waals surface area contributed by atoms with Gasteiger partial charge in [0, 0.05) is 29.8 Å². The predicted octanol–water partition coefficient (Wildman–Crippen LogP) is 4.87. The van der Waals surface area contributed by atoms with Gasteiger partial charge in [-0.15, -0.1) is 10.2 Å². The summed E-state index contributed by atoms with van der Waals surface area (Å²) >= 11 is 0. The van der Waals surface area contributed by atoms with Gasteiger partial charge in [0.25, 0.3) is 11.8 Å². The minimum absolute atomic E-state index is 0.0426. The highest BCUT2D eigenvalue weighted by Crippen LogP contribution is 2.25. The van der Waals surface area contributed by atoms with Crippen molar-refractivity contribution in [1.82, 2.24) is 15.5 Å². The minimum Gasteiger partial charge on any atom is -0.416 e. The number of nitrogens with zero attached hydrogens (tertiary/aromatic N) is 2. The molecular weight excluding hydrogens is 456 g/mol. The fraction of sp³-hybridized carbons (Fsp3) is 0.214. The van der Waals surface area contributed by atoms with Gasteiger partial charge in [-0.3, -0.25) is 9.59 Å². The SMILES string of the molecule is Cc1ccc(-c2nnc(-c3ccc(C(=O)Nc4ccccc4C(=O)NCC4CCCO4)cc3)o2)cc1. The molecule has 1 unspecified atom stereocenters. The zero-order chi connectivity index (χ0) is 24.9. The average Bonchev–Trinajstić information content (AvgIpc) is 3.61. The molecule has 0 saturated carbocycles. The molecule has 1 atom stereocenters. The number of aromatic nitrogens is 2. The number of anilines is 1. The van der Waals surface area contributed by atoms with Gasteiger partial charge in [-0.05, 0) is 68.3 Å². The van der Waals surface area contributed by atoms with Crippen LogP contribution in [0.3, 0.4) is 0 Å². The van der Waals surface area contributed by atoms with Crippen LogP contribution >= 0.6 is 0 Å². The number of carbonyl (C=O) groups is 2. The highest BCUT2D eigenvalue weighted by Gasteiger charge is 2.19. The van der Waals surface area contributed by atoms with Gasteiger partial charge in [-0.2, -0.15) is 0 Å². The molecular formula is C28H26N4O4. The molecule has 0 bridgehead atoms. The monoisotopic (exact) mass is 482 g/mol. The standard InChI is InChI=1S/C28H26N4O4/c1-18-8-10-20(11-9-18)27-31-32-28(36-27)21-14-12-19(13-15-21)25(33)30-24-7-3-2-6-23(24)26(34)29-17-22-5-4-16-35-22/h2-3,6-15,22H,4-5,16-17H2,1H3,(H,29,34)(H,30,33). The molecule has 2 amide bonds. The molecule has 1 saturated heterocycles. The number of benzene rings is 3. The molecule has 2 heterocycles. The molecule has 1 fully saturated rings. The van der Waals surface area contributed by atoms with E-state index in [0.29, 0.717) is 40.7 Å². The lowest BCUT2D eigenvalue weighted by Crippen LogP contribution is -2.32.